The Hall–Kier alpha value is -1.85. The van der Waals surface area contributed by atoms with Crippen LogP contribution in [0, 0.1) is 11.3 Å². The molecule has 3 heteroatoms. The molecule has 0 fully saturated rings. The highest BCUT2D eigenvalue weighted by Crippen LogP contribution is 2.34. The maximum Gasteiger partial charge on any atom is 0.147 e. The van der Waals surface area contributed by atoms with Crippen molar-refractivity contribution in [3.63, 3.8) is 0 Å². The Labute approximate surface area is 112 Å². The monoisotopic (exact) mass is 256 g/mol. The molecule has 0 radical (unpaired) electrons. The van der Waals surface area contributed by atoms with Crippen LogP contribution in [0.2, 0.25) is 5.15 Å². The van der Waals surface area contributed by atoms with Gasteiger partial charge in [0.15, 0.2) is 0 Å². The van der Waals surface area contributed by atoms with Gasteiger partial charge < -0.3 is 0 Å². The molecular formula is C15H13ClN2. The lowest BCUT2D eigenvalue weighted by Crippen LogP contribution is -1.98. The van der Waals surface area contributed by atoms with E-state index in [-0.39, 0.29) is 11.1 Å². The zero-order chi connectivity index (χ0) is 13.1. The summed E-state index contributed by atoms with van der Waals surface area (Å²) in [6.07, 6.45) is 1.76. The summed E-state index contributed by atoms with van der Waals surface area (Å²) in [6, 6.07) is 12.0. The number of rotatable bonds is 2. The predicted molar refractivity (Wildman–Crippen MR) is 73.5 cm³/mol. The maximum atomic E-state index is 9.29. The van der Waals surface area contributed by atoms with E-state index >= 15 is 0 Å². The van der Waals surface area contributed by atoms with Gasteiger partial charge in [0.25, 0.3) is 0 Å². The average Bonchev–Trinajstić information content (AvgIpc) is 2.39. The van der Waals surface area contributed by atoms with Crippen LogP contribution < -0.4 is 0 Å². The molecule has 0 aliphatic carbocycles. The summed E-state index contributed by atoms with van der Waals surface area (Å²) < 4.78 is 0. The van der Waals surface area contributed by atoms with Crippen LogP contribution in [0.15, 0.2) is 36.5 Å². The van der Waals surface area contributed by atoms with Gasteiger partial charge in [-0.15, -0.1) is 0 Å². The van der Waals surface area contributed by atoms with E-state index in [1.807, 2.05) is 30.3 Å². The molecule has 0 N–H and O–H groups in total. The Balaban J connectivity index is 2.78. The van der Waals surface area contributed by atoms with Gasteiger partial charge in [0.2, 0.25) is 0 Å². The third-order valence-electron chi connectivity index (χ3n) is 2.86. The standard InChI is InChI=1S/C15H13ClN2/c1-10(2)13-9-18-15(16)12(8-17)14(13)11-6-4-3-5-7-11/h3-7,9-10H,1-2H3. The van der Waals surface area contributed by atoms with Crippen LogP contribution >= 0.6 is 11.6 Å². The highest BCUT2D eigenvalue weighted by molar-refractivity contribution is 6.31. The number of benzene rings is 1. The summed E-state index contributed by atoms with van der Waals surface area (Å²) in [5, 5.41) is 9.56. The molecular weight excluding hydrogens is 244 g/mol. The Morgan fingerprint density at radius 1 is 1.22 bits per heavy atom. The number of pyridine rings is 1. The summed E-state index contributed by atoms with van der Waals surface area (Å²) in [5.41, 5.74) is 3.39. The van der Waals surface area contributed by atoms with Crippen LogP contribution in [0.3, 0.4) is 0 Å². The first-order valence-corrected chi connectivity index (χ1v) is 6.17. The molecule has 0 saturated carbocycles. The van der Waals surface area contributed by atoms with Crippen molar-refractivity contribution in [3.8, 4) is 17.2 Å². The van der Waals surface area contributed by atoms with Crippen LogP contribution in [0.5, 0.6) is 0 Å². The van der Waals surface area contributed by atoms with E-state index in [0.717, 1.165) is 16.7 Å². The number of aromatic nitrogens is 1. The zero-order valence-electron chi connectivity index (χ0n) is 10.3. The lowest BCUT2D eigenvalue weighted by molar-refractivity contribution is 0.860. The number of halogens is 1. The molecule has 2 nitrogen and oxygen atoms in total. The van der Waals surface area contributed by atoms with E-state index in [4.69, 9.17) is 11.6 Å². The summed E-state index contributed by atoms with van der Waals surface area (Å²) in [4.78, 5) is 4.10. The third kappa shape index (κ3) is 2.23. The molecule has 0 aliphatic heterocycles. The van der Waals surface area contributed by atoms with Gasteiger partial charge >= 0.3 is 0 Å². The fourth-order valence-corrected chi connectivity index (χ4v) is 2.14. The highest BCUT2D eigenvalue weighted by atomic mass is 35.5. The Morgan fingerprint density at radius 3 is 2.44 bits per heavy atom. The van der Waals surface area contributed by atoms with Crippen LogP contribution in [0.4, 0.5) is 0 Å². The van der Waals surface area contributed by atoms with Crippen molar-refractivity contribution < 1.29 is 0 Å². The van der Waals surface area contributed by atoms with E-state index in [0.29, 0.717) is 5.56 Å². The second-order valence-corrected chi connectivity index (χ2v) is 4.74. The molecule has 1 heterocycles. The van der Waals surface area contributed by atoms with Crippen LogP contribution in [0.25, 0.3) is 11.1 Å². The van der Waals surface area contributed by atoms with Gasteiger partial charge in [0, 0.05) is 11.8 Å². The largest absolute Gasteiger partial charge is 0.243 e. The first kappa shape index (κ1) is 12.6. The Morgan fingerprint density at radius 2 is 1.89 bits per heavy atom. The molecule has 0 unspecified atom stereocenters. The second-order valence-electron chi connectivity index (χ2n) is 4.39. The molecule has 0 aliphatic rings. The molecule has 2 aromatic rings. The van der Waals surface area contributed by atoms with Gasteiger partial charge in [-0.1, -0.05) is 55.8 Å². The van der Waals surface area contributed by atoms with Crippen LogP contribution in [-0.4, -0.2) is 4.98 Å². The molecule has 1 aromatic heterocycles. The minimum atomic E-state index is 0.265. The van der Waals surface area contributed by atoms with Gasteiger partial charge in [-0.2, -0.15) is 5.26 Å². The SMILES string of the molecule is CC(C)c1cnc(Cl)c(C#N)c1-c1ccccc1. The smallest absolute Gasteiger partial charge is 0.147 e. The highest BCUT2D eigenvalue weighted by Gasteiger charge is 2.16. The van der Waals surface area contributed by atoms with Crippen molar-refractivity contribution in [1.29, 1.82) is 5.26 Å². The zero-order valence-corrected chi connectivity index (χ0v) is 11.1. The van der Waals surface area contributed by atoms with E-state index in [1.54, 1.807) is 6.20 Å². The minimum Gasteiger partial charge on any atom is -0.243 e. The molecule has 0 atom stereocenters. The van der Waals surface area contributed by atoms with Crippen molar-refractivity contribution in [2.24, 2.45) is 0 Å². The fraction of sp³-hybridized carbons (Fsp3) is 0.200. The fourth-order valence-electron chi connectivity index (χ4n) is 1.96. The number of nitrogens with zero attached hydrogens (tertiary/aromatic N) is 2. The molecule has 2 rings (SSSR count). The lowest BCUT2D eigenvalue weighted by Gasteiger charge is -2.14. The van der Waals surface area contributed by atoms with Crippen molar-refractivity contribution in [1.82, 2.24) is 4.98 Å². The first-order valence-electron chi connectivity index (χ1n) is 5.79. The van der Waals surface area contributed by atoms with Crippen molar-refractivity contribution >= 4 is 11.6 Å². The summed E-state index contributed by atoms with van der Waals surface area (Å²) in [6.45, 7) is 4.16. The number of hydrogen-bond donors (Lipinski definition) is 0. The number of nitriles is 1. The van der Waals surface area contributed by atoms with Crippen LogP contribution in [-0.2, 0) is 0 Å². The molecule has 18 heavy (non-hydrogen) atoms. The summed E-state index contributed by atoms with van der Waals surface area (Å²) >= 11 is 6.02. The van der Waals surface area contributed by atoms with Crippen LogP contribution in [0.1, 0.15) is 30.9 Å². The quantitative estimate of drug-likeness (QED) is 0.747. The van der Waals surface area contributed by atoms with Gasteiger partial charge in [0.1, 0.15) is 11.2 Å². The van der Waals surface area contributed by atoms with Gasteiger partial charge in [-0.3, -0.25) is 0 Å². The Kier molecular flexibility index (Phi) is 3.64. The van der Waals surface area contributed by atoms with E-state index in [9.17, 15) is 5.26 Å². The second kappa shape index (κ2) is 5.20. The molecule has 1 aromatic carbocycles. The molecule has 0 amide bonds. The van der Waals surface area contributed by atoms with Gasteiger partial charge in [-0.05, 0) is 17.0 Å². The third-order valence-corrected chi connectivity index (χ3v) is 3.14. The molecule has 90 valence electrons. The van der Waals surface area contributed by atoms with E-state index in [1.165, 1.54) is 0 Å². The van der Waals surface area contributed by atoms with E-state index in [2.05, 4.69) is 24.9 Å². The van der Waals surface area contributed by atoms with Crippen molar-refractivity contribution in [2.75, 3.05) is 0 Å². The average molecular weight is 257 g/mol. The molecule has 0 bridgehead atoms. The molecule has 0 saturated heterocycles. The van der Waals surface area contributed by atoms with Gasteiger partial charge in [-0.25, -0.2) is 4.98 Å². The topological polar surface area (TPSA) is 36.7 Å². The Bertz CT molecular complexity index is 598. The lowest BCUT2D eigenvalue weighted by atomic mass is 9.91. The summed E-state index contributed by atoms with van der Waals surface area (Å²) in [5.74, 6) is 0.289. The summed E-state index contributed by atoms with van der Waals surface area (Å²) in [7, 11) is 0. The van der Waals surface area contributed by atoms with E-state index < -0.39 is 0 Å². The molecule has 0 spiro atoms. The van der Waals surface area contributed by atoms with Crippen molar-refractivity contribution in [2.45, 2.75) is 19.8 Å². The predicted octanol–water partition coefficient (Wildman–Crippen LogP) is 4.40. The first-order chi connectivity index (χ1) is 8.65. The number of hydrogen-bond acceptors (Lipinski definition) is 2. The maximum absolute atomic E-state index is 9.29. The van der Waals surface area contributed by atoms with Gasteiger partial charge in [0.05, 0.1) is 5.56 Å². The minimum absolute atomic E-state index is 0.265. The normalized spacial score (nSPS) is 10.4. The van der Waals surface area contributed by atoms with Crippen molar-refractivity contribution in [3.05, 3.63) is 52.8 Å².